The number of aromatic nitrogens is 1. The molecule has 0 unspecified atom stereocenters. The average molecular weight is 488 g/mol. The Morgan fingerprint density at radius 2 is 1.72 bits per heavy atom. The van der Waals surface area contributed by atoms with Crippen molar-refractivity contribution in [3.05, 3.63) is 76.9 Å². The number of ether oxygens (including phenoxy) is 1. The zero-order valence-electron chi connectivity index (χ0n) is 15.8. The van der Waals surface area contributed by atoms with E-state index in [0.29, 0.717) is 0 Å². The lowest BCUT2D eigenvalue weighted by Crippen LogP contribution is -2.28. The predicted octanol–water partition coefficient (Wildman–Crippen LogP) is 4.91. The minimum absolute atomic E-state index is 0.0212. The Labute approximate surface area is 185 Å². The molecule has 1 aromatic heterocycles. The first-order valence-corrected chi connectivity index (χ1v) is 10.5. The highest BCUT2D eigenvalue weighted by molar-refractivity contribution is 7.88. The van der Waals surface area contributed by atoms with Crippen molar-refractivity contribution in [1.29, 1.82) is 0 Å². The third kappa shape index (κ3) is 5.29. The molecular formula is C20H13ClF3NO6S. The van der Waals surface area contributed by atoms with E-state index in [2.05, 4.69) is 9.17 Å². The van der Waals surface area contributed by atoms with Crippen LogP contribution in [0, 0.1) is 0 Å². The highest BCUT2D eigenvalue weighted by Crippen LogP contribution is 2.37. The molecular weight excluding hydrogens is 475 g/mol. The van der Waals surface area contributed by atoms with Crippen molar-refractivity contribution in [3.8, 4) is 22.8 Å². The van der Waals surface area contributed by atoms with Crippen molar-refractivity contribution in [3.63, 3.8) is 0 Å². The molecule has 12 heteroatoms. The van der Waals surface area contributed by atoms with Gasteiger partial charge in [-0.15, -0.1) is 0 Å². The number of pyridine rings is 1. The van der Waals surface area contributed by atoms with Gasteiger partial charge in [-0.05, 0) is 29.8 Å². The quantitative estimate of drug-likeness (QED) is 0.373. The molecule has 0 bridgehead atoms. The molecule has 1 heterocycles. The normalized spacial score (nSPS) is 11.8. The van der Waals surface area contributed by atoms with Crippen LogP contribution in [0.5, 0.6) is 11.5 Å². The van der Waals surface area contributed by atoms with Gasteiger partial charge in [-0.3, -0.25) is 0 Å². The molecule has 0 spiro atoms. The number of aromatic carboxylic acids is 1. The lowest BCUT2D eigenvalue weighted by Gasteiger charge is -2.14. The molecule has 32 heavy (non-hydrogen) atoms. The maximum absolute atomic E-state index is 12.8. The van der Waals surface area contributed by atoms with Crippen molar-refractivity contribution >= 4 is 27.7 Å². The lowest BCUT2D eigenvalue weighted by molar-refractivity contribution is -0.0500. The Morgan fingerprint density at radius 1 is 1.03 bits per heavy atom. The van der Waals surface area contributed by atoms with Crippen LogP contribution >= 0.6 is 11.6 Å². The van der Waals surface area contributed by atoms with Gasteiger partial charge in [0.25, 0.3) is 0 Å². The molecule has 0 saturated carbocycles. The summed E-state index contributed by atoms with van der Waals surface area (Å²) in [5.41, 5.74) is -5.87. The van der Waals surface area contributed by atoms with Crippen LogP contribution in [0.2, 0.25) is 5.02 Å². The molecule has 0 radical (unpaired) electrons. The van der Waals surface area contributed by atoms with E-state index in [1.807, 2.05) is 6.07 Å². The smallest absolute Gasteiger partial charge is 0.487 e. The van der Waals surface area contributed by atoms with Crippen LogP contribution in [0.1, 0.15) is 16.1 Å². The largest absolute Gasteiger partial charge is 0.534 e. The number of hydrogen-bond acceptors (Lipinski definition) is 6. The van der Waals surface area contributed by atoms with Crippen molar-refractivity contribution in [2.75, 3.05) is 0 Å². The molecule has 0 saturated heterocycles. The highest BCUT2D eigenvalue weighted by atomic mass is 35.5. The molecule has 0 amide bonds. The Hall–Kier alpha value is -3.31. The minimum Gasteiger partial charge on any atom is -0.487 e. The maximum atomic E-state index is 12.8. The van der Waals surface area contributed by atoms with Gasteiger partial charge in [0.15, 0.2) is 5.75 Å². The van der Waals surface area contributed by atoms with Gasteiger partial charge in [-0.1, -0.05) is 48.0 Å². The zero-order chi connectivity index (χ0) is 23.5. The second kappa shape index (κ2) is 9.05. The molecule has 168 valence electrons. The molecule has 0 fully saturated rings. The SMILES string of the molecule is O=C(O)c1ccc(OS(=O)(=O)C(F)(F)F)c(-c2ccc(Cl)c(OCc3ccccc3)c2)n1. The van der Waals surface area contributed by atoms with E-state index in [1.54, 1.807) is 24.3 Å². The van der Waals surface area contributed by atoms with E-state index in [1.165, 1.54) is 18.2 Å². The van der Waals surface area contributed by atoms with Crippen LogP contribution in [0.25, 0.3) is 11.3 Å². The first-order valence-electron chi connectivity index (χ1n) is 8.69. The van der Waals surface area contributed by atoms with Crippen LogP contribution in [-0.4, -0.2) is 30.0 Å². The Morgan fingerprint density at radius 3 is 2.34 bits per heavy atom. The maximum Gasteiger partial charge on any atom is 0.534 e. The molecule has 0 aliphatic rings. The van der Waals surface area contributed by atoms with Gasteiger partial charge in [0, 0.05) is 5.56 Å². The Bertz CT molecular complexity index is 1250. The second-order valence-electron chi connectivity index (χ2n) is 6.25. The first kappa shape index (κ1) is 23.4. The van der Waals surface area contributed by atoms with Crippen LogP contribution in [-0.2, 0) is 16.7 Å². The van der Waals surface area contributed by atoms with Gasteiger partial charge in [-0.25, -0.2) is 9.78 Å². The number of benzene rings is 2. The number of rotatable bonds is 7. The second-order valence-corrected chi connectivity index (χ2v) is 8.20. The zero-order valence-corrected chi connectivity index (χ0v) is 17.4. The summed E-state index contributed by atoms with van der Waals surface area (Å²) >= 11 is 6.12. The van der Waals surface area contributed by atoms with E-state index in [4.69, 9.17) is 16.3 Å². The number of carboxylic acids is 1. The van der Waals surface area contributed by atoms with Crippen LogP contribution in [0.15, 0.2) is 60.7 Å². The number of carbonyl (C=O) groups is 1. The number of alkyl halides is 3. The van der Waals surface area contributed by atoms with Gasteiger partial charge in [0.05, 0.1) is 5.02 Å². The van der Waals surface area contributed by atoms with Crippen LogP contribution in [0.4, 0.5) is 13.2 Å². The highest BCUT2D eigenvalue weighted by Gasteiger charge is 2.49. The van der Waals surface area contributed by atoms with Crippen molar-refractivity contribution < 1.29 is 40.4 Å². The van der Waals surface area contributed by atoms with E-state index in [9.17, 15) is 31.5 Å². The Kier molecular flexibility index (Phi) is 6.60. The number of nitrogens with zero attached hydrogens (tertiary/aromatic N) is 1. The average Bonchev–Trinajstić information content (AvgIpc) is 2.73. The number of halogens is 4. The van der Waals surface area contributed by atoms with Crippen molar-refractivity contribution in [1.82, 2.24) is 4.98 Å². The van der Waals surface area contributed by atoms with E-state index >= 15 is 0 Å². The molecule has 0 aliphatic carbocycles. The fourth-order valence-electron chi connectivity index (χ4n) is 2.50. The standard InChI is InChI=1S/C20H13ClF3NO6S/c21-14-7-6-13(10-17(14)30-11-12-4-2-1-3-5-12)18-16(9-8-15(25-18)19(26)27)31-32(28,29)20(22,23)24/h1-10H,11H2,(H,26,27). The Balaban J connectivity index is 2.03. The molecule has 0 atom stereocenters. The van der Waals surface area contributed by atoms with Crippen LogP contribution < -0.4 is 8.92 Å². The molecule has 0 aliphatic heterocycles. The fraction of sp³-hybridized carbons (Fsp3) is 0.100. The summed E-state index contributed by atoms with van der Waals surface area (Å²) in [4.78, 5) is 15.0. The van der Waals surface area contributed by atoms with Gasteiger partial charge in [0.2, 0.25) is 0 Å². The summed E-state index contributed by atoms with van der Waals surface area (Å²) in [6.45, 7) is 0.110. The molecule has 3 aromatic rings. The van der Waals surface area contributed by atoms with E-state index < -0.39 is 38.7 Å². The molecule has 1 N–H and O–H groups in total. The molecule has 7 nitrogen and oxygen atoms in total. The summed E-state index contributed by atoms with van der Waals surface area (Å²) in [7, 11) is -6.02. The first-order chi connectivity index (χ1) is 15.0. The number of carboxylic acid groups (broad SMARTS) is 1. The molecule has 3 rings (SSSR count). The summed E-state index contributed by atoms with van der Waals surface area (Å²) in [6, 6.07) is 14.5. The summed E-state index contributed by atoms with van der Waals surface area (Å²) in [6.07, 6.45) is 0. The van der Waals surface area contributed by atoms with E-state index in [-0.39, 0.29) is 22.9 Å². The van der Waals surface area contributed by atoms with Gasteiger partial charge in [0.1, 0.15) is 23.7 Å². The lowest BCUT2D eigenvalue weighted by atomic mass is 10.1. The summed E-state index contributed by atoms with van der Waals surface area (Å²) in [5, 5.41) is 9.33. The minimum atomic E-state index is -6.02. The summed E-state index contributed by atoms with van der Waals surface area (Å²) in [5.74, 6) is -2.19. The fourth-order valence-corrected chi connectivity index (χ4v) is 3.14. The van der Waals surface area contributed by atoms with Crippen molar-refractivity contribution in [2.24, 2.45) is 0 Å². The van der Waals surface area contributed by atoms with E-state index in [0.717, 1.165) is 17.7 Å². The summed E-state index contributed by atoms with van der Waals surface area (Å²) < 4.78 is 71.1. The van der Waals surface area contributed by atoms with Crippen molar-refractivity contribution in [2.45, 2.75) is 12.1 Å². The molecule has 2 aromatic carbocycles. The third-order valence-electron chi connectivity index (χ3n) is 4.00. The monoisotopic (exact) mass is 487 g/mol. The number of hydrogen-bond donors (Lipinski definition) is 1. The van der Waals surface area contributed by atoms with Crippen LogP contribution in [0.3, 0.4) is 0 Å². The third-order valence-corrected chi connectivity index (χ3v) is 5.28. The van der Waals surface area contributed by atoms with Gasteiger partial charge >= 0.3 is 21.6 Å². The van der Waals surface area contributed by atoms with Gasteiger partial charge in [-0.2, -0.15) is 21.6 Å². The van der Waals surface area contributed by atoms with Gasteiger partial charge < -0.3 is 14.0 Å². The predicted molar refractivity (Wildman–Crippen MR) is 108 cm³/mol. The topological polar surface area (TPSA) is 103 Å².